The van der Waals surface area contributed by atoms with Crippen molar-refractivity contribution in [3.8, 4) is 0 Å². The van der Waals surface area contributed by atoms with Crippen LogP contribution in [0.15, 0.2) is 48.6 Å². The number of rotatable bonds is 9. The zero-order valence-electron chi connectivity index (χ0n) is 18.4. The molecule has 0 aliphatic rings. The highest BCUT2D eigenvalue weighted by molar-refractivity contribution is 6.31. The van der Waals surface area contributed by atoms with Crippen molar-refractivity contribution in [1.29, 1.82) is 0 Å². The van der Waals surface area contributed by atoms with Gasteiger partial charge in [-0.15, -0.1) is 0 Å². The number of benzene rings is 2. The number of hydrogen-bond donors (Lipinski definition) is 2. The molecule has 2 atom stereocenters. The Morgan fingerprint density at radius 1 is 1.12 bits per heavy atom. The van der Waals surface area contributed by atoms with Crippen molar-refractivity contribution in [2.75, 3.05) is 5.32 Å². The summed E-state index contributed by atoms with van der Waals surface area (Å²) in [6.07, 6.45) is -9.61. The van der Waals surface area contributed by atoms with Gasteiger partial charge in [-0.05, 0) is 67.1 Å². The minimum absolute atomic E-state index is 0.0456. The molecule has 34 heavy (non-hydrogen) atoms. The number of nitrogens with one attached hydrogen (secondary N) is 1. The van der Waals surface area contributed by atoms with Gasteiger partial charge in [0.15, 0.2) is 0 Å². The minimum Gasteiger partial charge on any atom is -0.481 e. The molecular formula is C24H24ClF6NO2. The van der Waals surface area contributed by atoms with E-state index in [-0.39, 0.29) is 46.7 Å². The van der Waals surface area contributed by atoms with Crippen molar-refractivity contribution in [2.45, 2.75) is 51.5 Å². The molecule has 10 heteroatoms. The molecule has 2 rings (SSSR count). The fourth-order valence-electron chi connectivity index (χ4n) is 3.57. The first kappa shape index (κ1) is 27.6. The number of allylic oxidation sites excluding steroid dienone is 1. The Bertz CT molecular complexity index is 1050. The molecule has 0 spiro atoms. The second-order valence-electron chi connectivity index (χ2n) is 8.07. The fourth-order valence-corrected chi connectivity index (χ4v) is 3.69. The number of carboxylic acids is 1. The molecule has 0 saturated carbocycles. The maximum Gasteiger partial charge on any atom is 0.416 e. The topological polar surface area (TPSA) is 49.3 Å². The van der Waals surface area contributed by atoms with E-state index in [0.29, 0.717) is 11.6 Å². The zero-order chi connectivity index (χ0) is 25.8. The van der Waals surface area contributed by atoms with Gasteiger partial charge in [0.2, 0.25) is 0 Å². The summed E-state index contributed by atoms with van der Waals surface area (Å²) in [6, 6.07) is 4.23. The molecule has 0 heterocycles. The summed E-state index contributed by atoms with van der Waals surface area (Å²) in [6.45, 7) is 6.87. The molecule has 0 aromatic heterocycles. The lowest BCUT2D eigenvalue weighted by atomic mass is 9.92. The van der Waals surface area contributed by atoms with E-state index in [1.807, 2.05) is 0 Å². The van der Waals surface area contributed by atoms with Crippen molar-refractivity contribution in [2.24, 2.45) is 5.92 Å². The van der Waals surface area contributed by atoms with E-state index in [9.17, 15) is 36.2 Å². The molecule has 0 aliphatic carbocycles. The van der Waals surface area contributed by atoms with Gasteiger partial charge in [-0.2, -0.15) is 26.3 Å². The Hall–Kier alpha value is -2.68. The van der Waals surface area contributed by atoms with Gasteiger partial charge in [0.05, 0.1) is 11.5 Å². The lowest BCUT2D eigenvalue weighted by Crippen LogP contribution is -2.28. The summed E-state index contributed by atoms with van der Waals surface area (Å²) in [5.74, 6) is -1.91. The van der Waals surface area contributed by atoms with E-state index in [0.717, 1.165) is 12.1 Å². The number of anilines is 1. The summed E-state index contributed by atoms with van der Waals surface area (Å²) in [5, 5.41) is 11.8. The SMILES string of the molecule is C=C(Cc1cc(NC(c2ccc(Cl)c(C)c2)C(F)(F)F)ccc1C(F)(F)F)CC(CC)C(=O)O. The molecule has 2 aromatic rings. The van der Waals surface area contributed by atoms with E-state index in [1.165, 1.54) is 18.2 Å². The van der Waals surface area contributed by atoms with Crippen LogP contribution in [0.25, 0.3) is 0 Å². The van der Waals surface area contributed by atoms with Crippen LogP contribution in [-0.2, 0) is 17.4 Å². The van der Waals surface area contributed by atoms with Crippen LogP contribution in [0.4, 0.5) is 32.0 Å². The molecule has 2 unspecified atom stereocenters. The summed E-state index contributed by atoms with van der Waals surface area (Å²) in [5.41, 5.74) is -0.978. The Kier molecular flexibility index (Phi) is 8.69. The van der Waals surface area contributed by atoms with Crippen LogP contribution in [-0.4, -0.2) is 17.3 Å². The molecule has 0 bridgehead atoms. The Balaban J connectivity index is 2.42. The van der Waals surface area contributed by atoms with Crippen LogP contribution in [0.1, 0.15) is 48.1 Å². The second kappa shape index (κ2) is 10.7. The fraction of sp³-hybridized carbons (Fsp3) is 0.375. The van der Waals surface area contributed by atoms with Crippen molar-refractivity contribution in [3.05, 3.63) is 75.8 Å². The van der Waals surface area contributed by atoms with E-state index in [4.69, 9.17) is 11.6 Å². The van der Waals surface area contributed by atoms with E-state index < -0.39 is 35.8 Å². The number of alkyl halides is 6. The van der Waals surface area contributed by atoms with Gasteiger partial charge in [0, 0.05) is 10.7 Å². The van der Waals surface area contributed by atoms with Gasteiger partial charge in [0.25, 0.3) is 0 Å². The first-order valence-corrected chi connectivity index (χ1v) is 10.7. The van der Waals surface area contributed by atoms with E-state index in [1.54, 1.807) is 13.8 Å². The average molecular weight is 508 g/mol. The van der Waals surface area contributed by atoms with Crippen molar-refractivity contribution in [3.63, 3.8) is 0 Å². The lowest BCUT2D eigenvalue weighted by Gasteiger charge is -2.25. The van der Waals surface area contributed by atoms with Crippen molar-refractivity contribution < 1.29 is 36.2 Å². The molecule has 0 fully saturated rings. The standard InChI is InChI=1S/C24H24ClF6NO2/c1-4-15(22(33)34)9-13(2)10-17-12-18(6-7-19(17)23(26,27)28)32-21(24(29,30)31)16-5-8-20(25)14(3)11-16/h5-8,11-12,15,21,32H,2,4,9-10H2,1,3H3,(H,33,34). The van der Waals surface area contributed by atoms with Crippen LogP contribution >= 0.6 is 11.6 Å². The Morgan fingerprint density at radius 3 is 2.26 bits per heavy atom. The number of aliphatic carboxylic acids is 1. The van der Waals surface area contributed by atoms with Crippen molar-refractivity contribution in [1.82, 2.24) is 0 Å². The maximum atomic E-state index is 13.8. The highest BCUT2D eigenvalue weighted by Gasteiger charge is 2.41. The third-order valence-electron chi connectivity index (χ3n) is 5.38. The molecule has 2 aromatic carbocycles. The second-order valence-corrected chi connectivity index (χ2v) is 8.48. The summed E-state index contributed by atoms with van der Waals surface area (Å²) >= 11 is 5.90. The van der Waals surface area contributed by atoms with Gasteiger partial charge in [-0.1, -0.05) is 42.8 Å². The van der Waals surface area contributed by atoms with Crippen molar-refractivity contribution >= 4 is 23.3 Å². The highest BCUT2D eigenvalue weighted by atomic mass is 35.5. The molecular weight excluding hydrogens is 484 g/mol. The van der Waals surface area contributed by atoms with Gasteiger partial charge in [-0.3, -0.25) is 4.79 Å². The molecule has 3 nitrogen and oxygen atoms in total. The minimum atomic E-state index is -4.75. The zero-order valence-corrected chi connectivity index (χ0v) is 19.2. The first-order valence-electron chi connectivity index (χ1n) is 10.3. The first-order chi connectivity index (χ1) is 15.6. The van der Waals surface area contributed by atoms with Gasteiger partial charge in [0.1, 0.15) is 6.04 Å². The van der Waals surface area contributed by atoms with Crippen LogP contribution in [0.5, 0.6) is 0 Å². The third-order valence-corrected chi connectivity index (χ3v) is 5.81. The molecule has 186 valence electrons. The summed E-state index contributed by atoms with van der Waals surface area (Å²) in [4.78, 5) is 11.2. The monoisotopic (exact) mass is 507 g/mol. The molecule has 0 aliphatic heterocycles. The van der Waals surface area contributed by atoms with Crippen LogP contribution in [0.3, 0.4) is 0 Å². The molecule has 0 amide bonds. The highest BCUT2D eigenvalue weighted by Crippen LogP contribution is 2.39. The largest absolute Gasteiger partial charge is 0.481 e. The number of carboxylic acid groups (broad SMARTS) is 1. The average Bonchev–Trinajstić information content (AvgIpc) is 2.70. The Labute approximate surface area is 198 Å². The number of hydrogen-bond acceptors (Lipinski definition) is 2. The maximum absolute atomic E-state index is 13.8. The van der Waals surface area contributed by atoms with Crippen LogP contribution < -0.4 is 5.32 Å². The molecule has 2 N–H and O–H groups in total. The Morgan fingerprint density at radius 2 is 1.76 bits per heavy atom. The van der Waals surface area contributed by atoms with Crippen LogP contribution in [0, 0.1) is 12.8 Å². The lowest BCUT2D eigenvalue weighted by molar-refractivity contribution is -0.144. The molecule has 0 saturated heterocycles. The quantitative estimate of drug-likeness (QED) is 0.267. The predicted octanol–water partition coefficient (Wildman–Crippen LogP) is 7.98. The number of halogens is 7. The number of carbonyl (C=O) groups is 1. The van der Waals surface area contributed by atoms with E-state index >= 15 is 0 Å². The predicted molar refractivity (Wildman–Crippen MR) is 119 cm³/mol. The van der Waals surface area contributed by atoms with Gasteiger partial charge in [-0.25, -0.2) is 0 Å². The van der Waals surface area contributed by atoms with E-state index in [2.05, 4.69) is 11.9 Å². The normalized spacial score (nSPS) is 13.9. The molecule has 0 radical (unpaired) electrons. The third kappa shape index (κ3) is 7.16. The van der Waals surface area contributed by atoms with Gasteiger partial charge < -0.3 is 10.4 Å². The van der Waals surface area contributed by atoms with Gasteiger partial charge >= 0.3 is 18.3 Å². The number of aryl methyl sites for hydroxylation is 1. The van der Waals surface area contributed by atoms with Crippen LogP contribution in [0.2, 0.25) is 5.02 Å². The summed E-state index contributed by atoms with van der Waals surface area (Å²) in [7, 11) is 0. The summed E-state index contributed by atoms with van der Waals surface area (Å²) < 4.78 is 82.1. The smallest absolute Gasteiger partial charge is 0.416 e.